The molecule has 0 aromatic heterocycles. The van der Waals surface area contributed by atoms with Crippen molar-refractivity contribution in [1.82, 2.24) is 4.90 Å². The summed E-state index contributed by atoms with van der Waals surface area (Å²) in [4.78, 5) is 14.1. The van der Waals surface area contributed by atoms with E-state index in [9.17, 15) is 9.90 Å². The Morgan fingerprint density at radius 1 is 1.26 bits per heavy atom. The van der Waals surface area contributed by atoms with Crippen LogP contribution < -0.4 is 4.74 Å². The van der Waals surface area contributed by atoms with E-state index in [1.165, 1.54) is 0 Å². The van der Waals surface area contributed by atoms with E-state index in [0.717, 1.165) is 46.3 Å². The van der Waals surface area contributed by atoms with Crippen molar-refractivity contribution in [2.24, 2.45) is 0 Å². The first kappa shape index (κ1) is 19.9. The van der Waals surface area contributed by atoms with Gasteiger partial charge in [-0.05, 0) is 62.6 Å². The number of likely N-dealkylation sites (tertiary alicyclic amines) is 1. The second-order valence-corrected chi connectivity index (χ2v) is 7.88. The molecule has 0 saturated carbocycles. The lowest BCUT2D eigenvalue weighted by Crippen LogP contribution is -2.47. The maximum absolute atomic E-state index is 12.0. The van der Waals surface area contributed by atoms with Gasteiger partial charge < -0.3 is 9.84 Å². The van der Waals surface area contributed by atoms with Crippen molar-refractivity contribution in [3.8, 4) is 5.75 Å². The van der Waals surface area contributed by atoms with Crippen molar-refractivity contribution >= 4 is 21.9 Å². The third-order valence-corrected chi connectivity index (χ3v) is 5.70. The van der Waals surface area contributed by atoms with Crippen LogP contribution in [0.2, 0.25) is 0 Å². The predicted molar refractivity (Wildman–Crippen MR) is 110 cm³/mol. The second kappa shape index (κ2) is 8.89. The van der Waals surface area contributed by atoms with E-state index >= 15 is 0 Å². The number of carbonyl (C=O) groups is 1. The van der Waals surface area contributed by atoms with E-state index in [2.05, 4.69) is 46.0 Å². The molecule has 144 valence electrons. The molecule has 1 aliphatic rings. The van der Waals surface area contributed by atoms with E-state index in [4.69, 9.17) is 4.74 Å². The SMILES string of the molecule is CCOc1ccc(Br)cc1C(c1ccccc1C)N1CCCCC1C(=O)O. The molecular weight excluding hydrogens is 406 g/mol. The molecule has 2 atom stereocenters. The van der Waals surface area contributed by atoms with Crippen molar-refractivity contribution < 1.29 is 14.6 Å². The number of hydrogen-bond acceptors (Lipinski definition) is 3. The molecular formula is C22H26BrNO3. The lowest BCUT2D eigenvalue weighted by atomic mass is 9.89. The fourth-order valence-corrected chi connectivity index (χ4v) is 4.35. The maximum Gasteiger partial charge on any atom is 0.320 e. The molecule has 2 aromatic carbocycles. The van der Waals surface area contributed by atoms with E-state index in [-0.39, 0.29) is 6.04 Å². The number of nitrogens with zero attached hydrogens (tertiary/aromatic N) is 1. The van der Waals surface area contributed by atoms with Crippen LogP contribution >= 0.6 is 15.9 Å². The minimum Gasteiger partial charge on any atom is -0.494 e. The van der Waals surface area contributed by atoms with Crippen molar-refractivity contribution in [2.75, 3.05) is 13.2 Å². The van der Waals surface area contributed by atoms with Gasteiger partial charge in [0, 0.05) is 10.0 Å². The molecule has 0 spiro atoms. The minimum atomic E-state index is -0.749. The zero-order chi connectivity index (χ0) is 19.4. The summed E-state index contributed by atoms with van der Waals surface area (Å²) in [6.07, 6.45) is 2.63. The Morgan fingerprint density at radius 2 is 2.04 bits per heavy atom. The normalized spacial score (nSPS) is 18.9. The van der Waals surface area contributed by atoms with Crippen molar-refractivity contribution in [3.63, 3.8) is 0 Å². The van der Waals surface area contributed by atoms with E-state index < -0.39 is 12.0 Å². The number of ether oxygens (including phenoxy) is 1. The van der Waals surface area contributed by atoms with Gasteiger partial charge in [-0.2, -0.15) is 0 Å². The average Bonchev–Trinajstić information content (AvgIpc) is 2.66. The average molecular weight is 432 g/mol. The van der Waals surface area contributed by atoms with E-state index in [1.54, 1.807) is 0 Å². The molecule has 0 amide bonds. The molecule has 1 heterocycles. The summed E-state index contributed by atoms with van der Waals surface area (Å²) < 4.78 is 6.89. The Kier molecular flexibility index (Phi) is 6.55. The third-order valence-electron chi connectivity index (χ3n) is 5.21. The molecule has 1 fully saturated rings. The molecule has 0 radical (unpaired) electrons. The largest absolute Gasteiger partial charge is 0.494 e. The molecule has 1 saturated heterocycles. The molecule has 5 heteroatoms. The molecule has 1 N–H and O–H groups in total. The van der Waals surface area contributed by atoms with Gasteiger partial charge in [0.15, 0.2) is 0 Å². The summed E-state index contributed by atoms with van der Waals surface area (Å²) in [6, 6.07) is 13.6. The summed E-state index contributed by atoms with van der Waals surface area (Å²) in [7, 11) is 0. The van der Waals surface area contributed by atoms with Crippen molar-refractivity contribution in [3.05, 3.63) is 63.6 Å². The zero-order valence-electron chi connectivity index (χ0n) is 15.8. The highest BCUT2D eigenvalue weighted by Crippen LogP contribution is 2.40. The van der Waals surface area contributed by atoms with Crippen LogP contribution in [0, 0.1) is 6.92 Å². The number of benzene rings is 2. The highest BCUT2D eigenvalue weighted by molar-refractivity contribution is 9.10. The van der Waals surface area contributed by atoms with Crippen LogP contribution in [0.5, 0.6) is 5.75 Å². The summed E-state index contributed by atoms with van der Waals surface area (Å²) in [5, 5.41) is 9.87. The second-order valence-electron chi connectivity index (χ2n) is 6.96. The van der Waals surface area contributed by atoms with Gasteiger partial charge in [-0.15, -0.1) is 0 Å². The van der Waals surface area contributed by atoms with Crippen LogP contribution in [0.4, 0.5) is 0 Å². The minimum absolute atomic E-state index is 0.161. The first-order valence-corrected chi connectivity index (χ1v) is 10.3. The quantitative estimate of drug-likeness (QED) is 0.683. The van der Waals surface area contributed by atoms with Crippen LogP contribution in [-0.2, 0) is 4.79 Å². The fourth-order valence-electron chi connectivity index (χ4n) is 3.97. The number of aryl methyl sites for hydroxylation is 1. The van der Waals surface area contributed by atoms with Crippen molar-refractivity contribution in [2.45, 2.75) is 45.2 Å². The molecule has 1 aliphatic heterocycles. The molecule has 4 nitrogen and oxygen atoms in total. The van der Waals surface area contributed by atoms with Gasteiger partial charge in [-0.1, -0.05) is 46.6 Å². The number of carboxylic acids is 1. The van der Waals surface area contributed by atoms with Gasteiger partial charge in [0.1, 0.15) is 11.8 Å². The Hall–Kier alpha value is -1.85. The lowest BCUT2D eigenvalue weighted by Gasteiger charge is -2.40. The molecule has 2 unspecified atom stereocenters. The summed E-state index contributed by atoms with van der Waals surface area (Å²) in [5.41, 5.74) is 3.29. The highest BCUT2D eigenvalue weighted by atomic mass is 79.9. The number of halogens is 1. The first-order valence-electron chi connectivity index (χ1n) is 9.49. The monoisotopic (exact) mass is 431 g/mol. The Morgan fingerprint density at radius 3 is 2.74 bits per heavy atom. The van der Waals surface area contributed by atoms with Gasteiger partial charge in [-0.25, -0.2) is 0 Å². The topological polar surface area (TPSA) is 49.8 Å². The Labute approximate surface area is 169 Å². The van der Waals surface area contributed by atoms with Gasteiger partial charge in [0.25, 0.3) is 0 Å². The molecule has 3 rings (SSSR count). The highest BCUT2D eigenvalue weighted by Gasteiger charge is 2.36. The van der Waals surface area contributed by atoms with Gasteiger partial charge in [0.05, 0.1) is 12.6 Å². The van der Waals surface area contributed by atoms with E-state index in [0.29, 0.717) is 13.0 Å². The van der Waals surface area contributed by atoms with Crippen molar-refractivity contribution in [1.29, 1.82) is 0 Å². The van der Waals surface area contributed by atoms with Crippen LogP contribution in [0.1, 0.15) is 48.9 Å². The molecule has 2 aromatic rings. The Balaban J connectivity index is 2.18. The van der Waals surface area contributed by atoms with Crippen LogP contribution in [0.25, 0.3) is 0 Å². The van der Waals surface area contributed by atoms with Gasteiger partial charge >= 0.3 is 5.97 Å². The number of hydrogen-bond donors (Lipinski definition) is 1. The fraction of sp³-hybridized carbons (Fsp3) is 0.409. The maximum atomic E-state index is 12.0. The zero-order valence-corrected chi connectivity index (χ0v) is 17.4. The smallest absolute Gasteiger partial charge is 0.320 e. The van der Waals surface area contributed by atoms with Crippen LogP contribution in [0.15, 0.2) is 46.9 Å². The Bertz CT molecular complexity index is 808. The number of carboxylic acid groups (broad SMARTS) is 1. The number of piperidine rings is 1. The molecule has 27 heavy (non-hydrogen) atoms. The summed E-state index contributed by atoms with van der Waals surface area (Å²) in [5.74, 6) is 0.0601. The summed E-state index contributed by atoms with van der Waals surface area (Å²) >= 11 is 3.58. The number of aliphatic carboxylic acids is 1. The van der Waals surface area contributed by atoms with Crippen LogP contribution in [-0.4, -0.2) is 35.2 Å². The predicted octanol–water partition coefficient (Wildman–Crippen LogP) is 5.18. The lowest BCUT2D eigenvalue weighted by molar-refractivity contribution is -0.145. The summed E-state index contributed by atoms with van der Waals surface area (Å²) in [6.45, 7) is 5.38. The molecule has 0 aliphatic carbocycles. The third kappa shape index (κ3) is 4.36. The first-order chi connectivity index (χ1) is 13.0. The standard InChI is InChI=1S/C22H26BrNO3/c1-3-27-20-12-11-16(23)14-18(20)21(17-9-5-4-8-15(17)2)24-13-7-6-10-19(24)22(25)26/h4-5,8-9,11-12,14,19,21H,3,6-7,10,13H2,1-2H3,(H,25,26). The molecule has 0 bridgehead atoms. The van der Waals surface area contributed by atoms with Gasteiger partial charge in [-0.3, -0.25) is 9.69 Å². The van der Waals surface area contributed by atoms with E-state index in [1.807, 2.05) is 31.2 Å². The van der Waals surface area contributed by atoms with Crippen LogP contribution in [0.3, 0.4) is 0 Å². The van der Waals surface area contributed by atoms with Gasteiger partial charge in [0.2, 0.25) is 0 Å². The number of rotatable bonds is 6.